The van der Waals surface area contributed by atoms with Crippen LogP contribution in [0.25, 0.3) is 0 Å². The van der Waals surface area contributed by atoms with Gasteiger partial charge >= 0.3 is 0 Å². The molecule has 0 bridgehead atoms. The van der Waals surface area contributed by atoms with Crippen molar-refractivity contribution in [2.75, 3.05) is 17.6 Å². The van der Waals surface area contributed by atoms with Crippen molar-refractivity contribution >= 4 is 22.8 Å². The molecule has 0 saturated carbocycles. The lowest BCUT2D eigenvalue weighted by molar-refractivity contribution is 0.471. The summed E-state index contributed by atoms with van der Waals surface area (Å²) in [6.07, 6.45) is 10.1. The Bertz CT molecular complexity index is 677. The number of phenols is 1. The Morgan fingerprint density at radius 3 is 2.42 bits per heavy atom. The summed E-state index contributed by atoms with van der Waals surface area (Å²) < 4.78 is 0. The second kappa shape index (κ2) is 11.1. The van der Waals surface area contributed by atoms with Gasteiger partial charge in [0.15, 0.2) is 0 Å². The van der Waals surface area contributed by atoms with Crippen LogP contribution >= 0.6 is 0 Å². The van der Waals surface area contributed by atoms with Crippen molar-refractivity contribution in [1.82, 2.24) is 0 Å². The maximum absolute atomic E-state index is 9.50. The van der Waals surface area contributed by atoms with Gasteiger partial charge in [0.2, 0.25) is 0 Å². The highest BCUT2D eigenvalue weighted by atomic mass is 16.3. The van der Waals surface area contributed by atoms with Gasteiger partial charge < -0.3 is 16.2 Å². The van der Waals surface area contributed by atoms with E-state index in [0.29, 0.717) is 23.0 Å². The zero-order valence-corrected chi connectivity index (χ0v) is 16.1. The number of hydrogen-bond donors (Lipinski definition) is 5. The van der Waals surface area contributed by atoms with Crippen LogP contribution < -0.4 is 11.1 Å². The molecule has 0 aliphatic heterocycles. The van der Waals surface area contributed by atoms with Gasteiger partial charge in [0.05, 0.1) is 17.1 Å². The van der Waals surface area contributed by atoms with Crippen LogP contribution in [0.4, 0.5) is 11.4 Å². The second-order valence-electron chi connectivity index (χ2n) is 6.62. The molecule has 1 unspecified atom stereocenters. The highest BCUT2D eigenvalue weighted by molar-refractivity contribution is 6.49. The molecule has 0 saturated heterocycles. The third kappa shape index (κ3) is 7.55. The van der Waals surface area contributed by atoms with E-state index in [0.717, 1.165) is 17.8 Å². The van der Waals surface area contributed by atoms with Crippen molar-refractivity contribution in [1.29, 1.82) is 10.8 Å². The Hall–Kier alpha value is -2.56. The number of phenolic OH excluding ortho intramolecular Hbond substituents is 1. The van der Waals surface area contributed by atoms with E-state index in [1.54, 1.807) is 24.3 Å². The molecular weight excluding hydrogens is 324 g/mol. The van der Waals surface area contributed by atoms with Gasteiger partial charge in [0.1, 0.15) is 5.75 Å². The van der Waals surface area contributed by atoms with Crippen molar-refractivity contribution in [3.63, 3.8) is 0 Å². The minimum atomic E-state index is 0.150. The van der Waals surface area contributed by atoms with Gasteiger partial charge in [-0.25, -0.2) is 0 Å². The third-order valence-electron chi connectivity index (χ3n) is 4.34. The first-order valence-corrected chi connectivity index (χ1v) is 9.23. The number of benzene rings is 1. The summed E-state index contributed by atoms with van der Waals surface area (Å²) in [5.74, 6) is 0.853. The van der Waals surface area contributed by atoms with E-state index in [2.05, 4.69) is 19.2 Å². The largest absolute Gasteiger partial charge is 0.506 e. The summed E-state index contributed by atoms with van der Waals surface area (Å²) in [6.45, 7) is 7.32. The first kappa shape index (κ1) is 21.5. The van der Waals surface area contributed by atoms with Crippen LogP contribution in [0.15, 0.2) is 42.0 Å². The van der Waals surface area contributed by atoms with Crippen molar-refractivity contribution in [3.8, 4) is 5.75 Å². The van der Waals surface area contributed by atoms with Crippen LogP contribution in [0.2, 0.25) is 0 Å². The number of nitrogen functional groups attached to an aromatic ring is 1. The van der Waals surface area contributed by atoms with E-state index in [1.165, 1.54) is 25.7 Å². The van der Waals surface area contributed by atoms with E-state index in [9.17, 15) is 5.11 Å². The highest BCUT2D eigenvalue weighted by Gasteiger charge is 2.06. The molecule has 1 aromatic carbocycles. The molecule has 1 aromatic rings. The predicted molar refractivity (Wildman–Crippen MR) is 113 cm³/mol. The first-order valence-electron chi connectivity index (χ1n) is 9.23. The molecule has 0 radical (unpaired) electrons. The molecule has 0 amide bonds. The lowest BCUT2D eigenvalue weighted by Crippen LogP contribution is -2.13. The standard InChI is InChI=1S/C14H24N2O.C7H8N2/c1-3-5-6-11(4-2)10-16-12-7-8-13(15)14(17)9-12;1-5-2-3-6(8)7(9)4-5/h7-9,11,16-17H,3-6,10,15H2,1-2H3;2-4,8-9H,1H3. The maximum Gasteiger partial charge on any atom is 0.140 e. The SMILES string of the molecule is CC1=CC(=N)C(=N)C=C1.CCCCC(CC)CNc1ccc(N)c(O)c1. The maximum atomic E-state index is 9.50. The van der Waals surface area contributed by atoms with E-state index < -0.39 is 0 Å². The summed E-state index contributed by atoms with van der Waals surface area (Å²) in [4.78, 5) is 0. The molecule has 0 fully saturated rings. The number of aromatic hydroxyl groups is 1. The zero-order chi connectivity index (χ0) is 19.5. The average molecular weight is 357 g/mol. The molecule has 1 aliphatic carbocycles. The van der Waals surface area contributed by atoms with Crippen LogP contribution in [0.1, 0.15) is 46.5 Å². The van der Waals surface area contributed by atoms with Crippen LogP contribution in [-0.4, -0.2) is 23.1 Å². The number of anilines is 2. The van der Waals surface area contributed by atoms with Gasteiger partial charge in [-0.2, -0.15) is 0 Å². The van der Waals surface area contributed by atoms with Crippen molar-refractivity contribution in [2.45, 2.75) is 46.5 Å². The summed E-state index contributed by atoms with van der Waals surface area (Å²) in [6, 6.07) is 5.31. The number of allylic oxidation sites excluding steroid dienone is 4. The lowest BCUT2D eigenvalue weighted by Gasteiger charge is -2.16. The Kier molecular flexibility index (Phi) is 9.20. The quantitative estimate of drug-likeness (QED) is 0.265. The second-order valence-corrected chi connectivity index (χ2v) is 6.62. The van der Waals surface area contributed by atoms with Crippen LogP contribution in [0, 0.1) is 16.7 Å². The topological polar surface area (TPSA) is 106 Å². The monoisotopic (exact) mass is 356 g/mol. The van der Waals surface area contributed by atoms with E-state index in [-0.39, 0.29) is 5.75 Å². The molecule has 0 heterocycles. The van der Waals surface area contributed by atoms with Gasteiger partial charge in [-0.3, -0.25) is 10.8 Å². The smallest absolute Gasteiger partial charge is 0.140 e. The fourth-order valence-electron chi connectivity index (χ4n) is 2.52. The molecule has 26 heavy (non-hydrogen) atoms. The van der Waals surface area contributed by atoms with Gasteiger partial charge in [-0.15, -0.1) is 0 Å². The minimum Gasteiger partial charge on any atom is -0.506 e. The Labute approximate surface area is 157 Å². The number of nitrogens with two attached hydrogens (primary N) is 1. The molecular formula is C21H32N4O. The summed E-state index contributed by atoms with van der Waals surface area (Å²) in [5.41, 5.74) is 8.55. The number of hydrogen-bond acceptors (Lipinski definition) is 5. The lowest BCUT2D eigenvalue weighted by atomic mass is 9.99. The molecule has 0 aromatic heterocycles. The average Bonchev–Trinajstić information content (AvgIpc) is 2.62. The fraction of sp³-hybridized carbons (Fsp3) is 0.429. The van der Waals surface area contributed by atoms with Gasteiger partial charge in [0.25, 0.3) is 0 Å². The summed E-state index contributed by atoms with van der Waals surface area (Å²) in [7, 11) is 0. The van der Waals surface area contributed by atoms with E-state index in [1.807, 2.05) is 19.1 Å². The molecule has 5 nitrogen and oxygen atoms in total. The number of nitrogens with one attached hydrogen (secondary N) is 3. The molecule has 2 rings (SSSR count). The molecule has 1 aliphatic rings. The van der Waals surface area contributed by atoms with E-state index >= 15 is 0 Å². The van der Waals surface area contributed by atoms with Gasteiger partial charge in [-0.05, 0) is 49.1 Å². The number of unbranched alkanes of at least 4 members (excludes halogenated alkanes) is 1. The first-order chi connectivity index (χ1) is 12.4. The fourth-order valence-corrected chi connectivity index (χ4v) is 2.52. The normalized spacial score (nSPS) is 14.3. The highest BCUT2D eigenvalue weighted by Crippen LogP contribution is 2.24. The number of rotatable bonds is 7. The zero-order valence-electron chi connectivity index (χ0n) is 16.1. The Balaban J connectivity index is 0.000000314. The van der Waals surface area contributed by atoms with Crippen LogP contribution in [0.5, 0.6) is 5.75 Å². The minimum absolute atomic E-state index is 0.150. The van der Waals surface area contributed by atoms with Gasteiger partial charge in [0, 0.05) is 18.3 Å². The molecule has 142 valence electrons. The van der Waals surface area contributed by atoms with Crippen molar-refractivity contribution < 1.29 is 5.11 Å². The molecule has 5 heteroatoms. The predicted octanol–water partition coefficient (Wildman–Crippen LogP) is 5.14. The Morgan fingerprint density at radius 1 is 1.15 bits per heavy atom. The van der Waals surface area contributed by atoms with Gasteiger partial charge in [-0.1, -0.05) is 39.2 Å². The molecule has 6 N–H and O–H groups in total. The third-order valence-corrected chi connectivity index (χ3v) is 4.34. The molecule has 0 spiro atoms. The summed E-state index contributed by atoms with van der Waals surface area (Å²) >= 11 is 0. The van der Waals surface area contributed by atoms with Crippen LogP contribution in [-0.2, 0) is 0 Å². The molecule has 1 atom stereocenters. The van der Waals surface area contributed by atoms with E-state index in [4.69, 9.17) is 16.6 Å². The Morgan fingerprint density at radius 2 is 1.88 bits per heavy atom. The van der Waals surface area contributed by atoms with Crippen molar-refractivity contribution in [3.05, 3.63) is 42.0 Å². The van der Waals surface area contributed by atoms with Crippen LogP contribution in [0.3, 0.4) is 0 Å². The summed E-state index contributed by atoms with van der Waals surface area (Å²) in [5, 5.41) is 27.2. The van der Waals surface area contributed by atoms with Crippen molar-refractivity contribution in [2.24, 2.45) is 5.92 Å².